The molecule has 0 bridgehead atoms. The Morgan fingerprint density at radius 2 is 2.14 bits per heavy atom. The molecule has 1 N–H and O–H groups in total. The molecule has 1 saturated heterocycles. The topological polar surface area (TPSA) is 15.3 Å². The van der Waals surface area contributed by atoms with Crippen LogP contribution in [0.2, 0.25) is 0 Å². The van der Waals surface area contributed by atoms with Crippen molar-refractivity contribution in [3.63, 3.8) is 0 Å². The third-order valence-electron chi connectivity index (χ3n) is 2.58. The van der Waals surface area contributed by atoms with E-state index in [0.717, 1.165) is 26.1 Å². The van der Waals surface area contributed by atoms with Gasteiger partial charge in [0.2, 0.25) is 0 Å². The lowest BCUT2D eigenvalue weighted by atomic mass is 10.1. The zero-order valence-electron chi connectivity index (χ0n) is 8.40. The lowest BCUT2D eigenvalue weighted by molar-refractivity contribution is -0.125. The number of likely N-dealkylation sites (tertiary alicyclic amines) is 1. The van der Waals surface area contributed by atoms with E-state index in [0.29, 0.717) is 12.5 Å². The maximum absolute atomic E-state index is 11.8. The number of hydrogen-bond acceptors (Lipinski definition) is 2. The summed E-state index contributed by atoms with van der Waals surface area (Å²) in [6.45, 7) is 4.64. The predicted octanol–water partition coefficient (Wildman–Crippen LogP) is 1.48. The van der Waals surface area contributed by atoms with Crippen LogP contribution < -0.4 is 5.32 Å². The molecular weight excluding hydrogens is 193 g/mol. The van der Waals surface area contributed by atoms with Gasteiger partial charge in [-0.3, -0.25) is 0 Å². The Hall–Kier alpha value is -0.290. The quantitative estimate of drug-likeness (QED) is 0.756. The number of hydrogen-bond donors (Lipinski definition) is 1. The summed E-state index contributed by atoms with van der Waals surface area (Å²) in [5, 5.41) is 2.46. The van der Waals surface area contributed by atoms with Crippen LogP contribution in [-0.4, -0.2) is 43.8 Å². The van der Waals surface area contributed by atoms with Crippen LogP contribution >= 0.6 is 0 Å². The second-order valence-corrected chi connectivity index (χ2v) is 3.79. The van der Waals surface area contributed by atoms with Gasteiger partial charge in [-0.15, -0.1) is 0 Å². The summed E-state index contributed by atoms with van der Waals surface area (Å²) >= 11 is 0. The summed E-state index contributed by atoms with van der Waals surface area (Å²) in [5.41, 5.74) is 0. The van der Waals surface area contributed by atoms with Gasteiger partial charge in [0.25, 0.3) is 0 Å². The molecule has 0 radical (unpaired) electrons. The van der Waals surface area contributed by atoms with Crippen molar-refractivity contribution in [3.05, 3.63) is 0 Å². The van der Waals surface area contributed by atoms with Crippen LogP contribution in [0.1, 0.15) is 13.3 Å². The van der Waals surface area contributed by atoms with E-state index in [-0.39, 0.29) is 0 Å². The minimum Gasteiger partial charge on any atom is -0.308 e. The average molecular weight is 210 g/mol. The molecular formula is C9H17F3N2. The molecule has 1 aliphatic rings. The Morgan fingerprint density at radius 1 is 1.43 bits per heavy atom. The standard InChI is InChI=1S/C9H17F3N2/c1-2-14-4-3-8(6-14)5-13-7-9(10,11)12/h8,13H,2-7H2,1H3. The van der Waals surface area contributed by atoms with Crippen molar-refractivity contribution in [2.75, 3.05) is 32.7 Å². The van der Waals surface area contributed by atoms with Gasteiger partial charge >= 0.3 is 6.18 Å². The number of alkyl halides is 3. The van der Waals surface area contributed by atoms with Gasteiger partial charge in [0.05, 0.1) is 6.54 Å². The third-order valence-corrected chi connectivity index (χ3v) is 2.58. The molecule has 0 aromatic carbocycles. The average Bonchev–Trinajstić information content (AvgIpc) is 2.50. The van der Waals surface area contributed by atoms with E-state index < -0.39 is 12.7 Å². The van der Waals surface area contributed by atoms with Gasteiger partial charge in [-0.1, -0.05) is 6.92 Å². The molecule has 0 spiro atoms. The summed E-state index contributed by atoms with van der Waals surface area (Å²) in [6.07, 6.45) is -3.07. The maximum Gasteiger partial charge on any atom is 0.401 e. The van der Waals surface area contributed by atoms with Crippen molar-refractivity contribution >= 4 is 0 Å². The Labute approximate surface area is 82.5 Å². The van der Waals surface area contributed by atoms with Gasteiger partial charge in [-0.2, -0.15) is 13.2 Å². The monoisotopic (exact) mass is 210 g/mol. The molecule has 84 valence electrons. The Kier molecular flexibility index (Phi) is 4.19. The van der Waals surface area contributed by atoms with Crippen LogP contribution in [0.15, 0.2) is 0 Å². The molecule has 14 heavy (non-hydrogen) atoms. The number of nitrogens with zero attached hydrogens (tertiary/aromatic N) is 1. The van der Waals surface area contributed by atoms with Crippen LogP contribution in [0.5, 0.6) is 0 Å². The SMILES string of the molecule is CCN1CCC(CNCC(F)(F)F)C1. The van der Waals surface area contributed by atoms with Crippen molar-refractivity contribution < 1.29 is 13.2 Å². The van der Waals surface area contributed by atoms with Crippen molar-refractivity contribution in [3.8, 4) is 0 Å². The molecule has 1 heterocycles. The van der Waals surface area contributed by atoms with Gasteiger partial charge in [-0.05, 0) is 32.0 Å². The van der Waals surface area contributed by atoms with Crippen LogP contribution in [0.4, 0.5) is 13.2 Å². The number of rotatable bonds is 4. The molecule has 2 nitrogen and oxygen atoms in total. The van der Waals surface area contributed by atoms with E-state index in [9.17, 15) is 13.2 Å². The second kappa shape index (κ2) is 4.98. The number of nitrogens with one attached hydrogen (secondary N) is 1. The fourth-order valence-electron chi connectivity index (χ4n) is 1.78. The molecule has 1 atom stereocenters. The second-order valence-electron chi connectivity index (χ2n) is 3.79. The van der Waals surface area contributed by atoms with E-state index in [1.165, 1.54) is 0 Å². The molecule has 5 heteroatoms. The zero-order valence-corrected chi connectivity index (χ0v) is 8.40. The van der Waals surface area contributed by atoms with Crippen LogP contribution in [0.3, 0.4) is 0 Å². The lowest BCUT2D eigenvalue weighted by Crippen LogP contribution is -2.33. The van der Waals surface area contributed by atoms with Crippen molar-refractivity contribution in [1.82, 2.24) is 10.2 Å². The van der Waals surface area contributed by atoms with Gasteiger partial charge < -0.3 is 10.2 Å². The Bertz CT molecular complexity index is 170. The molecule has 1 unspecified atom stereocenters. The highest BCUT2D eigenvalue weighted by atomic mass is 19.4. The van der Waals surface area contributed by atoms with Crippen LogP contribution in [-0.2, 0) is 0 Å². The molecule has 1 rings (SSSR count). The molecule has 0 saturated carbocycles. The van der Waals surface area contributed by atoms with Crippen LogP contribution in [0.25, 0.3) is 0 Å². The summed E-state index contributed by atoms with van der Waals surface area (Å²) in [5.74, 6) is 0.386. The number of halogens is 3. The molecule has 1 fully saturated rings. The first-order chi connectivity index (χ1) is 6.51. The molecule has 0 aliphatic carbocycles. The first-order valence-electron chi connectivity index (χ1n) is 5.01. The van der Waals surface area contributed by atoms with Crippen molar-refractivity contribution in [2.24, 2.45) is 5.92 Å². The molecule has 0 aromatic heterocycles. The summed E-state index contributed by atoms with van der Waals surface area (Å²) in [6, 6.07) is 0. The first kappa shape index (κ1) is 11.8. The lowest BCUT2D eigenvalue weighted by Gasteiger charge is -2.14. The van der Waals surface area contributed by atoms with Crippen LogP contribution in [0, 0.1) is 5.92 Å². The molecule has 1 aliphatic heterocycles. The van der Waals surface area contributed by atoms with E-state index in [4.69, 9.17) is 0 Å². The Balaban J connectivity index is 2.09. The normalized spacial score (nSPS) is 24.4. The summed E-state index contributed by atoms with van der Waals surface area (Å²) < 4.78 is 35.4. The highest BCUT2D eigenvalue weighted by molar-refractivity contribution is 4.76. The highest BCUT2D eigenvalue weighted by Crippen LogP contribution is 2.16. The van der Waals surface area contributed by atoms with Gasteiger partial charge in [0, 0.05) is 6.54 Å². The van der Waals surface area contributed by atoms with Gasteiger partial charge in [0.1, 0.15) is 0 Å². The predicted molar refractivity (Wildman–Crippen MR) is 49.1 cm³/mol. The third kappa shape index (κ3) is 4.28. The fourth-order valence-corrected chi connectivity index (χ4v) is 1.78. The smallest absolute Gasteiger partial charge is 0.308 e. The highest BCUT2D eigenvalue weighted by Gasteiger charge is 2.27. The van der Waals surface area contributed by atoms with Gasteiger partial charge in [-0.25, -0.2) is 0 Å². The van der Waals surface area contributed by atoms with Gasteiger partial charge in [0.15, 0.2) is 0 Å². The molecule has 0 amide bonds. The Morgan fingerprint density at radius 3 is 2.64 bits per heavy atom. The van der Waals surface area contributed by atoms with E-state index in [1.54, 1.807) is 0 Å². The molecule has 0 aromatic rings. The zero-order chi connectivity index (χ0) is 10.6. The van der Waals surface area contributed by atoms with E-state index in [1.807, 2.05) is 0 Å². The summed E-state index contributed by atoms with van der Waals surface area (Å²) in [4.78, 5) is 2.26. The van der Waals surface area contributed by atoms with E-state index in [2.05, 4.69) is 17.1 Å². The minimum absolute atomic E-state index is 0.386. The van der Waals surface area contributed by atoms with E-state index >= 15 is 0 Å². The first-order valence-corrected chi connectivity index (χ1v) is 5.01. The van der Waals surface area contributed by atoms with Crippen molar-refractivity contribution in [2.45, 2.75) is 19.5 Å². The maximum atomic E-state index is 11.8. The largest absolute Gasteiger partial charge is 0.401 e. The fraction of sp³-hybridized carbons (Fsp3) is 1.00. The van der Waals surface area contributed by atoms with Crippen molar-refractivity contribution in [1.29, 1.82) is 0 Å². The minimum atomic E-state index is -4.08. The summed E-state index contributed by atoms with van der Waals surface area (Å²) in [7, 11) is 0.